The number of H-pyrrole nitrogens is 1. The van der Waals surface area contributed by atoms with Gasteiger partial charge >= 0.3 is 0 Å². The number of nitrogens with one attached hydrogen (secondary N) is 2. The van der Waals surface area contributed by atoms with Crippen molar-refractivity contribution in [3.05, 3.63) is 77.9 Å². The van der Waals surface area contributed by atoms with E-state index in [1.807, 2.05) is 24.3 Å². The molecule has 7 heteroatoms. The van der Waals surface area contributed by atoms with Crippen LogP contribution in [-0.2, 0) is 6.42 Å². The van der Waals surface area contributed by atoms with Gasteiger partial charge in [-0.05, 0) is 42.3 Å². The zero-order valence-corrected chi connectivity index (χ0v) is 14.4. The molecular formula is C20H16N6O. The highest BCUT2D eigenvalue weighted by atomic mass is 16.1. The van der Waals surface area contributed by atoms with E-state index in [-0.39, 0.29) is 5.91 Å². The summed E-state index contributed by atoms with van der Waals surface area (Å²) in [5.41, 5.74) is 3.12. The van der Waals surface area contributed by atoms with E-state index < -0.39 is 0 Å². The Morgan fingerprint density at radius 1 is 1.30 bits per heavy atom. The highest BCUT2D eigenvalue weighted by Crippen LogP contribution is 2.19. The Labute approximate surface area is 155 Å². The van der Waals surface area contributed by atoms with Crippen molar-refractivity contribution in [1.82, 2.24) is 25.1 Å². The van der Waals surface area contributed by atoms with E-state index in [2.05, 4.69) is 26.5 Å². The van der Waals surface area contributed by atoms with Gasteiger partial charge in [0.1, 0.15) is 6.07 Å². The number of hydrogen-bond acceptors (Lipinski definition) is 4. The van der Waals surface area contributed by atoms with Gasteiger partial charge in [-0.25, -0.2) is 9.67 Å². The standard InChI is InChI=1S/C20H16N6O/c21-11-16-13-23-18-4-2-14(10-17(16)18)6-8-22-20(27)15-3-5-19(24-12-15)26-9-1-7-25-26/h1-5,7,9-10,12-13,23H,6,8H2,(H,22,27). The van der Waals surface area contributed by atoms with E-state index in [1.54, 1.807) is 35.4 Å². The fourth-order valence-electron chi connectivity index (χ4n) is 2.90. The van der Waals surface area contributed by atoms with Crippen LogP contribution in [0.1, 0.15) is 21.5 Å². The maximum Gasteiger partial charge on any atom is 0.252 e. The lowest BCUT2D eigenvalue weighted by atomic mass is 10.1. The predicted octanol–water partition coefficient (Wildman–Crippen LogP) is 2.59. The van der Waals surface area contributed by atoms with Crippen LogP contribution < -0.4 is 5.32 Å². The average molecular weight is 356 g/mol. The van der Waals surface area contributed by atoms with Crippen molar-refractivity contribution in [2.45, 2.75) is 6.42 Å². The summed E-state index contributed by atoms with van der Waals surface area (Å²) in [6.45, 7) is 0.498. The third kappa shape index (κ3) is 3.41. The first-order valence-electron chi connectivity index (χ1n) is 8.49. The molecule has 4 aromatic rings. The molecule has 0 aliphatic rings. The minimum Gasteiger partial charge on any atom is -0.360 e. The summed E-state index contributed by atoms with van der Waals surface area (Å²) < 4.78 is 1.63. The predicted molar refractivity (Wildman–Crippen MR) is 100 cm³/mol. The molecule has 1 aromatic carbocycles. The molecule has 3 aromatic heterocycles. The van der Waals surface area contributed by atoms with Crippen LogP contribution in [0.2, 0.25) is 0 Å². The molecule has 27 heavy (non-hydrogen) atoms. The maximum absolute atomic E-state index is 12.3. The van der Waals surface area contributed by atoms with Gasteiger partial charge in [-0.3, -0.25) is 4.79 Å². The summed E-state index contributed by atoms with van der Waals surface area (Å²) >= 11 is 0. The van der Waals surface area contributed by atoms with Gasteiger partial charge in [-0.1, -0.05) is 6.07 Å². The Bertz CT molecular complexity index is 1120. The number of fused-ring (bicyclic) bond motifs is 1. The van der Waals surface area contributed by atoms with E-state index in [1.165, 1.54) is 6.20 Å². The zero-order valence-electron chi connectivity index (χ0n) is 14.4. The molecule has 1 amide bonds. The number of aromatic nitrogens is 4. The molecule has 0 saturated carbocycles. The Kier molecular flexibility index (Phi) is 4.37. The van der Waals surface area contributed by atoms with Gasteiger partial charge in [0.05, 0.1) is 11.1 Å². The number of carbonyl (C=O) groups is 1. The molecule has 2 N–H and O–H groups in total. The summed E-state index contributed by atoms with van der Waals surface area (Å²) in [7, 11) is 0. The average Bonchev–Trinajstić information content (AvgIpc) is 3.37. The van der Waals surface area contributed by atoms with E-state index in [9.17, 15) is 4.79 Å². The topological polar surface area (TPSA) is 99.4 Å². The van der Waals surface area contributed by atoms with Crippen molar-refractivity contribution >= 4 is 16.8 Å². The van der Waals surface area contributed by atoms with Crippen LogP contribution in [0.25, 0.3) is 16.7 Å². The van der Waals surface area contributed by atoms with E-state index >= 15 is 0 Å². The summed E-state index contributed by atoms with van der Waals surface area (Å²) in [6.07, 6.45) is 7.39. The first-order chi connectivity index (χ1) is 13.2. The number of amides is 1. The molecule has 0 saturated heterocycles. The Morgan fingerprint density at radius 2 is 2.22 bits per heavy atom. The monoisotopic (exact) mass is 356 g/mol. The van der Waals surface area contributed by atoms with Crippen LogP contribution in [0.5, 0.6) is 0 Å². The molecule has 0 aliphatic heterocycles. The van der Waals surface area contributed by atoms with Crippen molar-refractivity contribution in [3.8, 4) is 11.9 Å². The van der Waals surface area contributed by atoms with Crippen LogP contribution in [0.4, 0.5) is 0 Å². The van der Waals surface area contributed by atoms with Crippen molar-refractivity contribution in [2.24, 2.45) is 0 Å². The number of benzene rings is 1. The Balaban J connectivity index is 1.37. The number of nitriles is 1. The molecule has 7 nitrogen and oxygen atoms in total. The molecule has 0 aliphatic carbocycles. The van der Waals surface area contributed by atoms with Gasteiger partial charge in [0.15, 0.2) is 5.82 Å². The molecule has 0 bridgehead atoms. The summed E-state index contributed by atoms with van der Waals surface area (Å²) in [4.78, 5) is 19.6. The quantitative estimate of drug-likeness (QED) is 0.574. The lowest BCUT2D eigenvalue weighted by Crippen LogP contribution is -2.25. The van der Waals surface area contributed by atoms with E-state index in [0.29, 0.717) is 29.9 Å². The summed E-state index contributed by atoms with van der Waals surface area (Å²) in [5, 5.41) is 17.0. The highest BCUT2D eigenvalue weighted by molar-refractivity contribution is 5.94. The van der Waals surface area contributed by atoms with Gasteiger partial charge in [0.25, 0.3) is 5.91 Å². The third-order valence-electron chi connectivity index (χ3n) is 4.32. The fourth-order valence-corrected chi connectivity index (χ4v) is 2.90. The Morgan fingerprint density at radius 3 is 2.96 bits per heavy atom. The van der Waals surface area contributed by atoms with Crippen molar-refractivity contribution in [2.75, 3.05) is 6.54 Å². The second-order valence-electron chi connectivity index (χ2n) is 6.06. The number of hydrogen-bond donors (Lipinski definition) is 2. The second kappa shape index (κ2) is 7.14. The lowest BCUT2D eigenvalue weighted by molar-refractivity contribution is 0.0954. The molecule has 0 unspecified atom stereocenters. The maximum atomic E-state index is 12.3. The molecule has 0 fully saturated rings. The van der Waals surface area contributed by atoms with Crippen LogP contribution in [0, 0.1) is 11.3 Å². The normalized spacial score (nSPS) is 10.6. The van der Waals surface area contributed by atoms with Gasteiger partial charge in [0.2, 0.25) is 0 Å². The smallest absolute Gasteiger partial charge is 0.252 e. The van der Waals surface area contributed by atoms with Crippen molar-refractivity contribution in [3.63, 3.8) is 0 Å². The number of aromatic amines is 1. The van der Waals surface area contributed by atoms with E-state index in [4.69, 9.17) is 5.26 Å². The van der Waals surface area contributed by atoms with Crippen LogP contribution in [-0.4, -0.2) is 32.2 Å². The first-order valence-corrected chi connectivity index (χ1v) is 8.49. The second-order valence-corrected chi connectivity index (χ2v) is 6.06. The lowest BCUT2D eigenvalue weighted by Gasteiger charge is -2.06. The van der Waals surface area contributed by atoms with Gasteiger partial charge in [-0.2, -0.15) is 10.4 Å². The first kappa shape index (κ1) is 16.5. The molecule has 0 radical (unpaired) electrons. The minimum atomic E-state index is -0.171. The number of nitrogens with zero attached hydrogens (tertiary/aromatic N) is 4. The fraction of sp³-hybridized carbons (Fsp3) is 0.100. The number of carbonyl (C=O) groups excluding carboxylic acids is 1. The summed E-state index contributed by atoms with van der Waals surface area (Å²) in [5.74, 6) is 0.486. The summed E-state index contributed by atoms with van der Waals surface area (Å²) in [6, 6.07) is 13.4. The molecular weight excluding hydrogens is 340 g/mol. The number of pyridine rings is 1. The van der Waals surface area contributed by atoms with Crippen molar-refractivity contribution in [1.29, 1.82) is 5.26 Å². The third-order valence-corrected chi connectivity index (χ3v) is 4.32. The van der Waals surface area contributed by atoms with E-state index in [0.717, 1.165) is 16.5 Å². The molecule has 132 valence electrons. The number of rotatable bonds is 5. The molecule has 0 atom stereocenters. The van der Waals surface area contributed by atoms with Crippen LogP contribution in [0.15, 0.2) is 61.2 Å². The minimum absolute atomic E-state index is 0.171. The largest absolute Gasteiger partial charge is 0.360 e. The zero-order chi connectivity index (χ0) is 18.6. The molecule has 4 rings (SSSR count). The van der Waals surface area contributed by atoms with Crippen molar-refractivity contribution < 1.29 is 4.79 Å². The highest BCUT2D eigenvalue weighted by Gasteiger charge is 2.08. The van der Waals surface area contributed by atoms with Gasteiger partial charge in [0, 0.05) is 42.2 Å². The van der Waals surface area contributed by atoms with Gasteiger partial charge < -0.3 is 10.3 Å². The molecule has 0 spiro atoms. The Hall–Kier alpha value is -3.92. The molecule has 3 heterocycles. The van der Waals surface area contributed by atoms with Crippen LogP contribution >= 0.6 is 0 Å². The van der Waals surface area contributed by atoms with Gasteiger partial charge in [-0.15, -0.1) is 0 Å². The van der Waals surface area contributed by atoms with Crippen LogP contribution in [0.3, 0.4) is 0 Å². The SMILES string of the molecule is N#Cc1c[nH]c2ccc(CCNC(=O)c3ccc(-n4cccn4)nc3)cc12.